The average molecular weight is 247 g/mol. The third-order valence-electron chi connectivity index (χ3n) is 2.84. The molecule has 100 valence electrons. The van der Waals surface area contributed by atoms with Crippen molar-refractivity contribution in [2.45, 2.75) is 39.0 Å². The lowest BCUT2D eigenvalue weighted by molar-refractivity contribution is 0.304. The Morgan fingerprint density at radius 3 is 2.44 bits per heavy atom. The van der Waals surface area contributed by atoms with Gasteiger partial charge in [0.05, 0.1) is 6.61 Å². The summed E-state index contributed by atoms with van der Waals surface area (Å²) in [5.41, 5.74) is 6.57. The summed E-state index contributed by atoms with van der Waals surface area (Å²) >= 11 is 0. The van der Waals surface area contributed by atoms with E-state index in [1.807, 2.05) is 24.3 Å². The molecule has 0 aliphatic rings. The van der Waals surface area contributed by atoms with E-state index in [1.54, 1.807) is 0 Å². The second kappa shape index (κ2) is 9.72. The lowest BCUT2D eigenvalue weighted by atomic mass is 10.2. The van der Waals surface area contributed by atoms with Crippen LogP contribution in [-0.4, -0.2) is 13.2 Å². The number of rotatable bonds is 9. The smallest absolute Gasteiger partial charge is 0.119 e. The molecular weight excluding hydrogens is 222 g/mol. The van der Waals surface area contributed by atoms with Crippen LogP contribution >= 0.6 is 0 Å². The average Bonchev–Trinajstić information content (AvgIpc) is 2.42. The van der Waals surface area contributed by atoms with Crippen LogP contribution in [0.15, 0.2) is 30.3 Å². The van der Waals surface area contributed by atoms with E-state index in [-0.39, 0.29) is 0 Å². The predicted molar refractivity (Wildman–Crippen MR) is 78.8 cm³/mol. The van der Waals surface area contributed by atoms with Crippen LogP contribution in [0.25, 0.3) is 6.08 Å². The van der Waals surface area contributed by atoms with Crippen molar-refractivity contribution in [3.63, 3.8) is 0 Å². The highest BCUT2D eigenvalue weighted by Crippen LogP contribution is 2.14. The number of nitrogens with two attached hydrogens (primary N) is 1. The minimum atomic E-state index is 0.579. The Balaban J connectivity index is 2.20. The Morgan fingerprint density at radius 2 is 1.78 bits per heavy atom. The van der Waals surface area contributed by atoms with E-state index in [9.17, 15) is 0 Å². The van der Waals surface area contributed by atoms with Gasteiger partial charge in [-0.15, -0.1) is 0 Å². The summed E-state index contributed by atoms with van der Waals surface area (Å²) in [6.45, 7) is 3.63. The highest BCUT2D eigenvalue weighted by Gasteiger charge is 1.94. The van der Waals surface area contributed by atoms with Crippen LogP contribution in [0.4, 0.5) is 0 Å². The van der Waals surface area contributed by atoms with Gasteiger partial charge < -0.3 is 10.5 Å². The summed E-state index contributed by atoms with van der Waals surface area (Å²) < 4.78 is 5.70. The predicted octanol–water partition coefficient (Wildman–Crippen LogP) is 4.01. The highest BCUT2D eigenvalue weighted by molar-refractivity contribution is 5.50. The topological polar surface area (TPSA) is 35.2 Å². The first-order valence-corrected chi connectivity index (χ1v) is 6.96. The van der Waals surface area contributed by atoms with Gasteiger partial charge in [0, 0.05) is 6.54 Å². The quantitative estimate of drug-likeness (QED) is 0.669. The van der Waals surface area contributed by atoms with Gasteiger partial charge in [0.1, 0.15) is 5.75 Å². The molecule has 2 N–H and O–H groups in total. The summed E-state index contributed by atoms with van der Waals surface area (Å²) in [5.74, 6) is 0.954. The molecule has 0 spiro atoms. The third-order valence-corrected chi connectivity index (χ3v) is 2.84. The number of ether oxygens (including phenoxy) is 1. The molecule has 2 nitrogen and oxygen atoms in total. The van der Waals surface area contributed by atoms with E-state index < -0.39 is 0 Å². The summed E-state index contributed by atoms with van der Waals surface area (Å²) in [7, 11) is 0. The maximum absolute atomic E-state index is 5.70. The van der Waals surface area contributed by atoms with Crippen molar-refractivity contribution in [3.8, 4) is 5.75 Å². The number of unbranched alkanes of at least 4 members (excludes halogenated alkanes) is 4. The van der Waals surface area contributed by atoms with Crippen LogP contribution in [0.2, 0.25) is 0 Å². The van der Waals surface area contributed by atoms with Crippen LogP contribution < -0.4 is 10.5 Å². The lowest BCUT2D eigenvalue weighted by Crippen LogP contribution is -1.97. The molecule has 0 fully saturated rings. The molecule has 0 unspecified atom stereocenters. The molecular formula is C16H25NO. The highest BCUT2D eigenvalue weighted by atomic mass is 16.5. The van der Waals surface area contributed by atoms with Gasteiger partial charge in [-0.3, -0.25) is 0 Å². The molecule has 0 bridgehead atoms. The first-order chi connectivity index (χ1) is 8.86. The van der Waals surface area contributed by atoms with Crippen molar-refractivity contribution in [1.82, 2.24) is 0 Å². The molecule has 0 atom stereocenters. The van der Waals surface area contributed by atoms with Crippen molar-refractivity contribution < 1.29 is 4.74 Å². The van der Waals surface area contributed by atoms with Gasteiger partial charge in [-0.2, -0.15) is 0 Å². The van der Waals surface area contributed by atoms with Gasteiger partial charge >= 0.3 is 0 Å². The zero-order valence-electron chi connectivity index (χ0n) is 11.4. The molecule has 1 aromatic carbocycles. The molecule has 0 saturated carbocycles. The Labute approximate surface area is 111 Å². The Kier molecular flexibility index (Phi) is 7.98. The van der Waals surface area contributed by atoms with E-state index in [0.29, 0.717) is 6.54 Å². The largest absolute Gasteiger partial charge is 0.494 e. The van der Waals surface area contributed by atoms with Gasteiger partial charge in [0.15, 0.2) is 0 Å². The molecule has 0 aromatic heterocycles. The van der Waals surface area contributed by atoms with Crippen molar-refractivity contribution in [2.75, 3.05) is 13.2 Å². The van der Waals surface area contributed by atoms with E-state index >= 15 is 0 Å². The lowest BCUT2D eigenvalue weighted by Gasteiger charge is -2.06. The molecule has 0 aliphatic heterocycles. The van der Waals surface area contributed by atoms with Crippen LogP contribution in [-0.2, 0) is 0 Å². The number of hydrogen-bond donors (Lipinski definition) is 1. The first kappa shape index (κ1) is 14.8. The molecule has 0 aliphatic carbocycles. The minimum Gasteiger partial charge on any atom is -0.494 e. The molecule has 18 heavy (non-hydrogen) atoms. The molecule has 0 saturated heterocycles. The van der Waals surface area contributed by atoms with Crippen LogP contribution in [0, 0.1) is 0 Å². The van der Waals surface area contributed by atoms with E-state index in [1.165, 1.54) is 25.7 Å². The molecule has 0 heterocycles. The number of benzene rings is 1. The molecule has 0 radical (unpaired) electrons. The Hall–Kier alpha value is -1.28. The fourth-order valence-corrected chi connectivity index (χ4v) is 1.77. The summed E-state index contributed by atoms with van der Waals surface area (Å²) in [6, 6.07) is 8.14. The van der Waals surface area contributed by atoms with Crippen molar-refractivity contribution in [1.29, 1.82) is 0 Å². The second-order valence-electron chi connectivity index (χ2n) is 4.47. The van der Waals surface area contributed by atoms with Crippen LogP contribution in [0.1, 0.15) is 44.6 Å². The van der Waals surface area contributed by atoms with Gasteiger partial charge in [-0.25, -0.2) is 0 Å². The molecule has 1 aromatic rings. The standard InChI is InChI=1S/C16H25NO/c1-2-3-4-5-6-14-18-16-11-9-15(10-12-16)8-7-13-17/h7-12H,2-6,13-14,17H2,1H3. The second-order valence-corrected chi connectivity index (χ2v) is 4.47. The minimum absolute atomic E-state index is 0.579. The normalized spacial score (nSPS) is 11.0. The van der Waals surface area contributed by atoms with Crippen molar-refractivity contribution >= 4 is 6.08 Å². The Morgan fingerprint density at radius 1 is 1.06 bits per heavy atom. The van der Waals surface area contributed by atoms with Gasteiger partial charge in [0.25, 0.3) is 0 Å². The fraction of sp³-hybridized carbons (Fsp3) is 0.500. The van der Waals surface area contributed by atoms with Gasteiger partial charge in [-0.1, -0.05) is 56.9 Å². The molecule has 2 heteroatoms. The third kappa shape index (κ3) is 6.45. The fourth-order valence-electron chi connectivity index (χ4n) is 1.77. The summed E-state index contributed by atoms with van der Waals surface area (Å²) in [5, 5.41) is 0. The van der Waals surface area contributed by atoms with E-state index in [0.717, 1.165) is 24.3 Å². The zero-order chi connectivity index (χ0) is 13.1. The van der Waals surface area contributed by atoms with Crippen LogP contribution in [0.5, 0.6) is 5.75 Å². The summed E-state index contributed by atoms with van der Waals surface area (Å²) in [6.07, 6.45) is 10.3. The maximum Gasteiger partial charge on any atom is 0.119 e. The van der Waals surface area contributed by atoms with E-state index in [2.05, 4.69) is 19.1 Å². The van der Waals surface area contributed by atoms with Gasteiger partial charge in [0.2, 0.25) is 0 Å². The molecule has 0 amide bonds. The summed E-state index contributed by atoms with van der Waals surface area (Å²) in [4.78, 5) is 0. The van der Waals surface area contributed by atoms with Gasteiger partial charge in [-0.05, 0) is 24.1 Å². The van der Waals surface area contributed by atoms with Crippen molar-refractivity contribution in [3.05, 3.63) is 35.9 Å². The monoisotopic (exact) mass is 247 g/mol. The van der Waals surface area contributed by atoms with Crippen LogP contribution in [0.3, 0.4) is 0 Å². The molecule has 1 rings (SSSR count). The SMILES string of the molecule is CCCCCCCOc1ccc(C=CCN)cc1. The van der Waals surface area contributed by atoms with E-state index in [4.69, 9.17) is 10.5 Å². The maximum atomic E-state index is 5.70. The first-order valence-electron chi connectivity index (χ1n) is 6.96. The zero-order valence-corrected chi connectivity index (χ0v) is 11.4. The number of hydrogen-bond acceptors (Lipinski definition) is 2. The van der Waals surface area contributed by atoms with Crippen molar-refractivity contribution in [2.24, 2.45) is 5.73 Å². The Bertz CT molecular complexity index is 329.